The highest BCUT2D eigenvalue weighted by molar-refractivity contribution is 5.91. The van der Waals surface area contributed by atoms with Crippen molar-refractivity contribution in [2.24, 2.45) is 0 Å². The van der Waals surface area contributed by atoms with Crippen LogP contribution < -0.4 is 4.90 Å². The minimum atomic E-state index is -0.699. The summed E-state index contributed by atoms with van der Waals surface area (Å²) in [6.45, 7) is 2.20. The molecular formula is C16H13N3O2. The molecule has 0 radical (unpaired) electrons. The summed E-state index contributed by atoms with van der Waals surface area (Å²) >= 11 is 0. The molecule has 1 aromatic heterocycles. The Bertz CT molecular complexity index is 722. The first-order chi connectivity index (χ1) is 10.2. The fraction of sp³-hybridized carbons (Fsp3) is 0.188. The number of hydrogen-bond acceptors (Lipinski definition) is 4. The highest BCUT2D eigenvalue weighted by Gasteiger charge is 2.32. The Kier molecular flexibility index (Phi) is 3.28. The van der Waals surface area contributed by atoms with Crippen molar-refractivity contribution in [1.29, 1.82) is 5.26 Å². The van der Waals surface area contributed by atoms with Gasteiger partial charge in [0.15, 0.2) is 0 Å². The molecule has 1 unspecified atom stereocenters. The summed E-state index contributed by atoms with van der Waals surface area (Å²) in [6, 6.07) is 11.6. The predicted molar refractivity (Wildman–Crippen MR) is 77.6 cm³/mol. The summed E-state index contributed by atoms with van der Waals surface area (Å²) in [4.78, 5) is 17.4. The molecule has 3 rings (SSSR count). The number of amides is 1. The van der Waals surface area contributed by atoms with E-state index in [1.54, 1.807) is 12.4 Å². The van der Waals surface area contributed by atoms with E-state index in [2.05, 4.69) is 4.98 Å². The van der Waals surface area contributed by atoms with Gasteiger partial charge >= 0.3 is 6.09 Å². The van der Waals surface area contributed by atoms with Gasteiger partial charge in [-0.3, -0.25) is 9.88 Å². The third-order valence-corrected chi connectivity index (χ3v) is 3.44. The lowest BCUT2D eigenvalue weighted by Crippen LogP contribution is -2.25. The summed E-state index contributed by atoms with van der Waals surface area (Å²) in [6.07, 6.45) is 2.35. The van der Waals surface area contributed by atoms with Crippen molar-refractivity contribution in [3.63, 3.8) is 0 Å². The summed E-state index contributed by atoms with van der Waals surface area (Å²) in [5, 5.41) is 8.85. The smallest absolute Gasteiger partial charge is 0.415 e. The van der Waals surface area contributed by atoms with Crippen LogP contribution in [0.3, 0.4) is 0 Å². The molecule has 104 valence electrons. The molecule has 21 heavy (non-hydrogen) atoms. The average molecular weight is 279 g/mol. The topological polar surface area (TPSA) is 66.2 Å². The van der Waals surface area contributed by atoms with Crippen LogP contribution in [0.5, 0.6) is 0 Å². The van der Waals surface area contributed by atoms with Crippen molar-refractivity contribution in [3.05, 3.63) is 48.3 Å². The SMILES string of the molecule is Cc1cc(-c2cccnc2)ccc1N1CC(C#N)OC1=O. The van der Waals surface area contributed by atoms with E-state index in [4.69, 9.17) is 10.00 Å². The molecule has 2 aromatic rings. The van der Waals surface area contributed by atoms with Gasteiger partial charge in [0.25, 0.3) is 0 Å². The first-order valence-corrected chi connectivity index (χ1v) is 6.58. The maximum atomic E-state index is 11.8. The van der Waals surface area contributed by atoms with Gasteiger partial charge in [0, 0.05) is 12.4 Å². The Morgan fingerprint density at radius 1 is 1.38 bits per heavy atom. The van der Waals surface area contributed by atoms with Crippen LogP contribution in [0, 0.1) is 18.3 Å². The number of aromatic nitrogens is 1. The van der Waals surface area contributed by atoms with Gasteiger partial charge in [0.1, 0.15) is 6.07 Å². The number of pyridine rings is 1. The molecule has 5 heteroatoms. The van der Waals surface area contributed by atoms with Crippen LogP contribution in [0.4, 0.5) is 10.5 Å². The summed E-state index contributed by atoms with van der Waals surface area (Å²) < 4.78 is 4.96. The zero-order valence-electron chi connectivity index (χ0n) is 11.5. The van der Waals surface area contributed by atoms with Crippen LogP contribution in [0.1, 0.15) is 5.56 Å². The maximum Gasteiger partial charge on any atom is 0.415 e. The predicted octanol–water partition coefficient (Wildman–Crippen LogP) is 2.91. The van der Waals surface area contributed by atoms with Crippen LogP contribution >= 0.6 is 0 Å². The number of carbonyl (C=O) groups excluding carboxylic acids is 1. The minimum absolute atomic E-state index is 0.266. The lowest BCUT2D eigenvalue weighted by atomic mass is 10.0. The van der Waals surface area contributed by atoms with E-state index in [1.807, 2.05) is 43.3 Å². The van der Waals surface area contributed by atoms with Gasteiger partial charge in [0.2, 0.25) is 6.10 Å². The van der Waals surface area contributed by atoms with Gasteiger partial charge in [0.05, 0.1) is 12.2 Å². The number of cyclic esters (lactones) is 1. The zero-order chi connectivity index (χ0) is 14.8. The standard InChI is InChI=1S/C16H13N3O2/c1-11-7-12(13-3-2-6-18-9-13)4-5-15(11)19-10-14(8-17)21-16(19)20/h2-7,9,14H,10H2,1H3. The van der Waals surface area contributed by atoms with Crippen molar-refractivity contribution >= 4 is 11.8 Å². The number of carbonyl (C=O) groups is 1. The van der Waals surface area contributed by atoms with Gasteiger partial charge in [-0.2, -0.15) is 5.26 Å². The third kappa shape index (κ3) is 2.43. The van der Waals surface area contributed by atoms with E-state index in [9.17, 15) is 4.79 Å². The van der Waals surface area contributed by atoms with Crippen LogP contribution in [-0.2, 0) is 4.74 Å². The molecule has 0 spiro atoms. The van der Waals surface area contributed by atoms with E-state index in [0.29, 0.717) is 0 Å². The van der Waals surface area contributed by atoms with Crippen molar-refractivity contribution in [3.8, 4) is 17.2 Å². The van der Waals surface area contributed by atoms with Gasteiger partial charge in [-0.25, -0.2) is 4.79 Å². The van der Waals surface area contributed by atoms with Crippen molar-refractivity contribution < 1.29 is 9.53 Å². The van der Waals surface area contributed by atoms with E-state index < -0.39 is 12.2 Å². The fourth-order valence-corrected chi connectivity index (χ4v) is 2.40. The number of anilines is 1. The molecule has 1 aliphatic rings. The first-order valence-electron chi connectivity index (χ1n) is 6.58. The molecule has 0 saturated carbocycles. The van der Waals surface area contributed by atoms with Gasteiger partial charge < -0.3 is 4.74 Å². The number of hydrogen-bond donors (Lipinski definition) is 0. The van der Waals surface area contributed by atoms with Crippen LogP contribution in [0.2, 0.25) is 0 Å². The molecular weight excluding hydrogens is 266 g/mol. The first kappa shape index (κ1) is 13.1. The average Bonchev–Trinajstić information content (AvgIpc) is 2.89. The number of nitriles is 1. The maximum absolute atomic E-state index is 11.8. The van der Waals surface area contributed by atoms with E-state index in [1.165, 1.54) is 4.90 Å². The molecule has 1 fully saturated rings. The quantitative estimate of drug-likeness (QED) is 0.847. The summed E-state index contributed by atoms with van der Waals surface area (Å²) in [5.41, 5.74) is 3.78. The molecule has 1 saturated heterocycles. The third-order valence-electron chi connectivity index (χ3n) is 3.44. The van der Waals surface area contributed by atoms with Gasteiger partial charge in [-0.05, 0) is 41.8 Å². The number of nitrogens with zero attached hydrogens (tertiary/aromatic N) is 3. The Balaban J connectivity index is 1.93. The normalized spacial score (nSPS) is 17.4. The number of benzene rings is 1. The van der Waals surface area contributed by atoms with Gasteiger partial charge in [-0.1, -0.05) is 12.1 Å². The van der Waals surface area contributed by atoms with Crippen LogP contribution in [0.25, 0.3) is 11.1 Å². The molecule has 1 atom stereocenters. The largest absolute Gasteiger partial charge is 0.428 e. The van der Waals surface area contributed by atoms with Gasteiger partial charge in [-0.15, -0.1) is 0 Å². The lowest BCUT2D eigenvalue weighted by molar-refractivity contribution is 0.162. The minimum Gasteiger partial charge on any atom is -0.428 e. The highest BCUT2D eigenvalue weighted by Crippen LogP contribution is 2.29. The molecule has 1 aliphatic heterocycles. The summed E-state index contributed by atoms with van der Waals surface area (Å²) in [5.74, 6) is 0. The number of ether oxygens (including phenoxy) is 1. The summed E-state index contributed by atoms with van der Waals surface area (Å²) in [7, 11) is 0. The second-order valence-electron chi connectivity index (χ2n) is 4.86. The zero-order valence-corrected chi connectivity index (χ0v) is 11.5. The molecule has 1 amide bonds. The molecule has 1 aromatic carbocycles. The Morgan fingerprint density at radius 3 is 2.86 bits per heavy atom. The second-order valence-corrected chi connectivity index (χ2v) is 4.86. The number of aryl methyl sites for hydroxylation is 1. The van der Waals surface area contributed by atoms with E-state index >= 15 is 0 Å². The molecule has 2 heterocycles. The molecule has 0 N–H and O–H groups in total. The van der Waals surface area contributed by atoms with Crippen molar-refractivity contribution in [1.82, 2.24) is 4.98 Å². The van der Waals surface area contributed by atoms with Crippen molar-refractivity contribution in [2.45, 2.75) is 13.0 Å². The molecule has 0 aliphatic carbocycles. The second kappa shape index (κ2) is 5.25. The molecule has 5 nitrogen and oxygen atoms in total. The lowest BCUT2D eigenvalue weighted by Gasteiger charge is -2.16. The Labute approximate surface area is 122 Å². The Morgan fingerprint density at radius 2 is 2.24 bits per heavy atom. The van der Waals surface area contributed by atoms with E-state index in [0.717, 1.165) is 22.4 Å². The molecule has 0 bridgehead atoms. The van der Waals surface area contributed by atoms with Crippen LogP contribution in [-0.4, -0.2) is 23.7 Å². The highest BCUT2D eigenvalue weighted by atomic mass is 16.6. The monoisotopic (exact) mass is 279 g/mol. The number of rotatable bonds is 2. The van der Waals surface area contributed by atoms with E-state index in [-0.39, 0.29) is 6.54 Å². The Hall–Kier alpha value is -2.87. The fourth-order valence-electron chi connectivity index (χ4n) is 2.40. The van der Waals surface area contributed by atoms with Crippen LogP contribution in [0.15, 0.2) is 42.7 Å². The van der Waals surface area contributed by atoms with Crippen molar-refractivity contribution in [2.75, 3.05) is 11.4 Å².